The minimum Gasteiger partial charge on any atom is -0.482 e. The molecule has 2 rings (SSSR count). The van der Waals surface area contributed by atoms with Gasteiger partial charge in [0, 0.05) is 18.1 Å². The normalized spacial score (nSPS) is 11.8. The lowest BCUT2D eigenvalue weighted by atomic mass is 10.1. The monoisotopic (exact) mass is 436 g/mol. The Kier molecular flexibility index (Phi) is 8.80. The van der Waals surface area contributed by atoms with Crippen LogP contribution in [0.5, 0.6) is 5.75 Å². The fourth-order valence-corrected chi connectivity index (χ4v) is 2.92. The van der Waals surface area contributed by atoms with Crippen molar-refractivity contribution in [1.29, 1.82) is 0 Å². The molecule has 5 nitrogen and oxygen atoms in total. The first-order valence-electron chi connectivity index (χ1n) is 9.47. The average molecular weight is 437 g/mol. The van der Waals surface area contributed by atoms with Gasteiger partial charge < -0.3 is 15.0 Å². The maximum Gasteiger partial charge on any atom is 0.261 e. The molecule has 0 saturated carbocycles. The number of carbonyl (C=O) groups excluding carboxylic acids is 2. The molecule has 0 saturated heterocycles. The van der Waals surface area contributed by atoms with E-state index in [1.807, 2.05) is 26.0 Å². The maximum absolute atomic E-state index is 12.9. The molecule has 0 aliphatic rings. The lowest BCUT2D eigenvalue weighted by Gasteiger charge is -2.29. The Morgan fingerprint density at radius 2 is 1.69 bits per heavy atom. The number of carbonyl (C=O) groups is 2. The Balaban J connectivity index is 2.13. The number of benzene rings is 2. The van der Waals surface area contributed by atoms with Crippen LogP contribution in [0.2, 0.25) is 10.0 Å². The first-order valence-corrected chi connectivity index (χ1v) is 10.2. The second-order valence-corrected chi connectivity index (χ2v) is 8.03. The fraction of sp³-hybridized carbons (Fsp3) is 0.364. The summed E-state index contributed by atoms with van der Waals surface area (Å²) in [6.07, 6.45) is 0. The quantitative estimate of drug-likeness (QED) is 0.626. The number of hydrogen-bond acceptors (Lipinski definition) is 3. The zero-order valence-corrected chi connectivity index (χ0v) is 18.3. The number of nitrogens with one attached hydrogen (secondary N) is 1. The van der Waals surface area contributed by atoms with Crippen molar-refractivity contribution in [3.8, 4) is 5.75 Å². The van der Waals surface area contributed by atoms with Gasteiger partial charge in [-0.2, -0.15) is 0 Å². The second kappa shape index (κ2) is 11.1. The van der Waals surface area contributed by atoms with Gasteiger partial charge >= 0.3 is 0 Å². The number of nitrogens with zero attached hydrogens (tertiary/aromatic N) is 1. The van der Waals surface area contributed by atoms with Crippen LogP contribution in [-0.2, 0) is 16.1 Å². The molecule has 2 amide bonds. The lowest BCUT2D eigenvalue weighted by Crippen LogP contribution is -2.49. The number of rotatable bonds is 9. The van der Waals surface area contributed by atoms with Crippen LogP contribution >= 0.6 is 23.2 Å². The van der Waals surface area contributed by atoms with Gasteiger partial charge in [-0.25, -0.2) is 0 Å². The molecule has 0 fully saturated rings. The van der Waals surface area contributed by atoms with E-state index in [0.717, 1.165) is 5.56 Å². The highest BCUT2D eigenvalue weighted by Gasteiger charge is 2.26. The summed E-state index contributed by atoms with van der Waals surface area (Å²) >= 11 is 12.0. The van der Waals surface area contributed by atoms with E-state index in [2.05, 4.69) is 5.32 Å². The molecule has 2 aromatic rings. The van der Waals surface area contributed by atoms with Crippen molar-refractivity contribution >= 4 is 35.0 Å². The number of para-hydroxylation sites is 1. The highest BCUT2D eigenvalue weighted by Crippen LogP contribution is 2.23. The Morgan fingerprint density at radius 3 is 2.31 bits per heavy atom. The molecule has 1 unspecified atom stereocenters. The first-order chi connectivity index (χ1) is 13.8. The number of amides is 2. The smallest absolute Gasteiger partial charge is 0.261 e. The van der Waals surface area contributed by atoms with Crippen LogP contribution in [0, 0.1) is 5.92 Å². The molecule has 0 aromatic heterocycles. The van der Waals surface area contributed by atoms with Crippen LogP contribution in [0.4, 0.5) is 0 Å². The van der Waals surface area contributed by atoms with Crippen LogP contribution in [0.1, 0.15) is 26.3 Å². The van der Waals surface area contributed by atoms with Crippen molar-refractivity contribution in [2.45, 2.75) is 33.4 Å². The van der Waals surface area contributed by atoms with Gasteiger partial charge in [-0.1, -0.05) is 61.3 Å². The highest BCUT2D eigenvalue weighted by atomic mass is 35.5. The summed E-state index contributed by atoms with van der Waals surface area (Å²) < 4.78 is 5.59. The summed E-state index contributed by atoms with van der Waals surface area (Å²) in [5, 5.41) is 3.91. The fourth-order valence-electron chi connectivity index (χ4n) is 2.61. The predicted molar refractivity (Wildman–Crippen MR) is 116 cm³/mol. The molecule has 2 aromatic carbocycles. The highest BCUT2D eigenvalue weighted by molar-refractivity contribution is 6.32. The molecular weight excluding hydrogens is 411 g/mol. The summed E-state index contributed by atoms with van der Waals surface area (Å²) in [5.41, 5.74) is 0.865. The van der Waals surface area contributed by atoms with Crippen LogP contribution in [-0.4, -0.2) is 35.9 Å². The van der Waals surface area contributed by atoms with Crippen molar-refractivity contribution in [2.75, 3.05) is 13.2 Å². The Hall–Kier alpha value is -2.24. The topological polar surface area (TPSA) is 58.6 Å². The molecule has 0 aliphatic heterocycles. The van der Waals surface area contributed by atoms with E-state index < -0.39 is 6.04 Å². The molecule has 0 aliphatic carbocycles. The third kappa shape index (κ3) is 7.26. The summed E-state index contributed by atoms with van der Waals surface area (Å²) in [5.74, 6) is 0.215. The van der Waals surface area contributed by atoms with Crippen LogP contribution in [0.15, 0.2) is 48.5 Å². The van der Waals surface area contributed by atoms with Gasteiger partial charge in [0.05, 0.1) is 5.02 Å². The molecule has 1 N–H and O–H groups in total. The molecular formula is C22H26Cl2N2O3. The van der Waals surface area contributed by atoms with E-state index in [0.29, 0.717) is 28.3 Å². The van der Waals surface area contributed by atoms with Crippen LogP contribution in [0.25, 0.3) is 0 Å². The van der Waals surface area contributed by atoms with Crippen molar-refractivity contribution in [2.24, 2.45) is 5.92 Å². The molecule has 29 heavy (non-hydrogen) atoms. The molecule has 1 atom stereocenters. The number of hydrogen-bond donors (Lipinski definition) is 1. The Bertz CT molecular complexity index is 825. The molecule has 0 spiro atoms. The van der Waals surface area contributed by atoms with Crippen molar-refractivity contribution in [3.63, 3.8) is 0 Å². The third-order valence-corrected chi connectivity index (χ3v) is 4.87. The van der Waals surface area contributed by atoms with Gasteiger partial charge in [0.15, 0.2) is 6.61 Å². The minimum atomic E-state index is -0.660. The van der Waals surface area contributed by atoms with E-state index in [4.69, 9.17) is 27.9 Å². The first kappa shape index (κ1) is 23.0. The maximum atomic E-state index is 12.9. The summed E-state index contributed by atoms with van der Waals surface area (Å²) in [6, 6.07) is 13.4. The molecule has 0 radical (unpaired) electrons. The summed E-state index contributed by atoms with van der Waals surface area (Å²) in [7, 11) is 0. The SMILES string of the molecule is CC(C)CNC(=O)C(C)N(Cc1ccc(Cl)cc1)C(=O)COc1ccccc1Cl. The van der Waals surface area contributed by atoms with Crippen molar-refractivity contribution in [1.82, 2.24) is 10.2 Å². The van der Waals surface area contributed by atoms with Crippen LogP contribution in [0.3, 0.4) is 0 Å². The van der Waals surface area contributed by atoms with E-state index >= 15 is 0 Å². The largest absolute Gasteiger partial charge is 0.482 e. The Labute approximate surface area is 181 Å². The second-order valence-electron chi connectivity index (χ2n) is 7.18. The lowest BCUT2D eigenvalue weighted by molar-refractivity contribution is -0.142. The molecule has 0 bridgehead atoms. The summed E-state index contributed by atoms with van der Waals surface area (Å²) in [4.78, 5) is 27.0. The van der Waals surface area contributed by atoms with Gasteiger partial charge in [0.1, 0.15) is 11.8 Å². The van der Waals surface area contributed by atoms with E-state index in [1.54, 1.807) is 43.3 Å². The van der Waals surface area contributed by atoms with Crippen LogP contribution < -0.4 is 10.1 Å². The van der Waals surface area contributed by atoms with Gasteiger partial charge in [-0.3, -0.25) is 9.59 Å². The van der Waals surface area contributed by atoms with E-state index in [-0.39, 0.29) is 25.0 Å². The Morgan fingerprint density at radius 1 is 1.03 bits per heavy atom. The molecule has 156 valence electrons. The zero-order chi connectivity index (χ0) is 21.4. The van der Waals surface area contributed by atoms with Gasteiger partial charge in [-0.05, 0) is 42.7 Å². The number of halogens is 2. The standard InChI is InChI=1S/C22H26Cl2N2O3/c1-15(2)12-25-22(28)16(3)26(13-17-8-10-18(23)11-9-17)21(27)14-29-20-7-5-4-6-19(20)24/h4-11,15-16H,12-14H2,1-3H3,(H,25,28). The molecule has 0 heterocycles. The zero-order valence-electron chi connectivity index (χ0n) is 16.8. The van der Waals surface area contributed by atoms with E-state index in [9.17, 15) is 9.59 Å². The third-order valence-electron chi connectivity index (χ3n) is 4.31. The molecule has 7 heteroatoms. The number of ether oxygens (including phenoxy) is 1. The minimum absolute atomic E-state index is 0.209. The average Bonchev–Trinajstić information content (AvgIpc) is 2.70. The summed E-state index contributed by atoms with van der Waals surface area (Å²) in [6.45, 7) is 6.32. The predicted octanol–water partition coefficient (Wildman–Crippen LogP) is 4.56. The van der Waals surface area contributed by atoms with Crippen molar-refractivity contribution < 1.29 is 14.3 Å². The van der Waals surface area contributed by atoms with E-state index in [1.165, 1.54) is 4.90 Å². The van der Waals surface area contributed by atoms with Gasteiger partial charge in [-0.15, -0.1) is 0 Å². The van der Waals surface area contributed by atoms with Gasteiger partial charge in [0.25, 0.3) is 5.91 Å². The van der Waals surface area contributed by atoms with Gasteiger partial charge in [0.2, 0.25) is 5.91 Å². The van der Waals surface area contributed by atoms with Crippen molar-refractivity contribution in [3.05, 3.63) is 64.1 Å².